The largest absolute Gasteiger partial charge is 0.508 e. The summed E-state index contributed by atoms with van der Waals surface area (Å²) < 4.78 is 0. The van der Waals surface area contributed by atoms with Gasteiger partial charge in [0.1, 0.15) is 5.75 Å². The van der Waals surface area contributed by atoms with Crippen LogP contribution in [-0.4, -0.2) is 15.3 Å². The Hall–Kier alpha value is -1.06. The zero-order chi connectivity index (χ0) is 9.84. The number of hydrogen-bond donors (Lipinski definition) is 3. The van der Waals surface area contributed by atoms with Gasteiger partial charge in [-0.1, -0.05) is 19.1 Å². The highest BCUT2D eigenvalue weighted by atomic mass is 16.3. The van der Waals surface area contributed by atoms with Gasteiger partial charge in [-0.05, 0) is 18.1 Å². The van der Waals surface area contributed by atoms with E-state index >= 15 is 0 Å². The third-order valence-corrected chi connectivity index (χ3v) is 2.09. The zero-order valence-corrected chi connectivity index (χ0v) is 7.57. The molecule has 0 aliphatic rings. The summed E-state index contributed by atoms with van der Waals surface area (Å²) in [6.07, 6.45) is -0.0505. The smallest absolute Gasteiger partial charge is 0.121 e. The number of phenols is 1. The molecule has 3 heteroatoms. The van der Waals surface area contributed by atoms with Gasteiger partial charge < -0.3 is 15.3 Å². The van der Waals surface area contributed by atoms with Crippen molar-refractivity contribution in [3.05, 3.63) is 29.3 Å². The summed E-state index contributed by atoms with van der Waals surface area (Å²) in [4.78, 5) is 0. The first kappa shape index (κ1) is 10.0. The van der Waals surface area contributed by atoms with Crippen molar-refractivity contribution in [2.45, 2.75) is 26.1 Å². The van der Waals surface area contributed by atoms with Crippen LogP contribution < -0.4 is 0 Å². The predicted octanol–water partition coefficient (Wildman–Crippen LogP) is 1.33. The topological polar surface area (TPSA) is 60.7 Å². The quantitative estimate of drug-likeness (QED) is 0.660. The minimum atomic E-state index is -0.616. The Balaban J connectivity index is 3.12. The molecular formula is C10H14O3. The van der Waals surface area contributed by atoms with E-state index in [1.807, 2.05) is 6.92 Å². The maximum Gasteiger partial charge on any atom is 0.121 e. The summed E-state index contributed by atoms with van der Waals surface area (Å²) in [5.74, 6) is 0.0347. The second-order valence-electron chi connectivity index (χ2n) is 2.93. The summed E-state index contributed by atoms with van der Waals surface area (Å²) in [7, 11) is 0. The van der Waals surface area contributed by atoms with Gasteiger partial charge >= 0.3 is 0 Å². The molecule has 0 heterocycles. The highest BCUT2D eigenvalue weighted by Gasteiger charge is 2.12. The number of benzene rings is 1. The number of aromatic hydroxyl groups is 1. The average molecular weight is 182 g/mol. The maximum atomic E-state index is 9.54. The van der Waals surface area contributed by atoms with Crippen molar-refractivity contribution in [2.75, 3.05) is 0 Å². The van der Waals surface area contributed by atoms with E-state index in [0.717, 1.165) is 0 Å². The van der Waals surface area contributed by atoms with Crippen LogP contribution in [0, 0.1) is 0 Å². The molecule has 1 unspecified atom stereocenters. The van der Waals surface area contributed by atoms with E-state index in [4.69, 9.17) is 5.11 Å². The summed E-state index contributed by atoms with van der Waals surface area (Å²) >= 11 is 0. The fraction of sp³-hybridized carbons (Fsp3) is 0.400. The summed E-state index contributed by atoms with van der Waals surface area (Å²) in [5.41, 5.74) is 1.02. The molecule has 3 nitrogen and oxygen atoms in total. The number of rotatable bonds is 3. The molecule has 13 heavy (non-hydrogen) atoms. The molecule has 72 valence electrons. The summed E-state index contributed by atoms with van der Waals surface area (Å²) in [5, 5.41) is 27.9. The number of hydrogen-bond acceptors (Lipinski definition) is 3. The lowest BCUT2D eigenvalue weighted by molar-refractivity contribution is 0.168. The average Bonchev–Trinajstić information content (AvgIpc) is 2.16. The van der Waals surface area contributed by atoms with Crippen molar-refractivity contribution in [1.29, 1.82) is 0 Å². The van der Waals surface area contributed by atoms with Crippen molar-refractivity contribution in [2.24, 2.45) is 0 Å². The molecule has 1 atom stereocenters. The summed E-state index contributed by atoms with van der Waals surface area (Å²) in [6, 6.07) is 4.86. The van der Waals surface area contributed by atoms with Crippen LogP contribution >= 0.6 is 0 Å². The second kappa shape index (κ2) is 4.25. The third-order valence-electron chi connectivity index (χ3n) is 2.09. The fourth-order valence-electron chi connectivity index (χ4n) is 1.30. The lowest BCUT2D eigenvalue weighted by Crippen LogP contribution is -2.01. The first-order chi connectivity index (χ1) is 6.20. The molecule has 1 aromatic rings. The Bertz CT molecular complexity index is 283. The Morgan fingerprint density at radius 3 is 2.62 bits per heavy atom. The van der Waals surface area contributed by atoms with Crippen LogP contribution in [0.5, 0.6) is 5.75 Å². The van der Waals surface area contributed by atoms with Crippen LogP contribution in [-0.2, 0) is 6.61 Å². The minimum absolute atomic E-state index is 0.0347. The first-order valence-corrected chi connectivity index (χ1v) is 4.30. The summed E-state index contributed by atoms with van der Waals surface area (Å²) in [6.45, 7) is 1.59. The van der Waals surface area contributed by atoms with Crippen LogP contribution in [0.1, 0.15) is 30.6 Å². The van der Waals surface area contributed by atoms with Gasteiger partial charge in [0.05, 0.1) is 12.7 Å². The Morgan fingerprint density at radius 1 is 1.38 bits per heavy atom. The van der Waals surface area contributed by atoms with Gasteiger partial charge in [-0.2, -0.15) is 0 Å². The van der Waals surface area contributed by atoms with Gasteiger partial charge in [0.15, 0.2) is 0 Å². The van der Waals surface area contributed by atoms with Crippen LogP contribution in [0.15, 0.2) is 18.2 Å². The lowest BCUT2D eigenvalue weighted by atomic mass is 10.0. The Labute approximate surface area is 77.3 Å². The van der Waals surface area contributed by atoms with E-state index in [1.165, 1.54) is 6.07 Å². The molecule has 0 saturated heterocycles. The third kappa shape index (κ3) is 1.99. The SMILES string of the molecule is CCC(O)c1cccc(O)c1CO. The van der Waals surface area contributed by atoms with E-state index in [9.17, 15) is 10.2 Å². The van der Waals surface area contributed by atoms with Crippen molar-refractivity contribution >= 4 is 0 Å². The van der Waals surface area contributed by atoms with Crippen molar-refractivity contribution in [1.82, 2.24) is 0 Å². The Kier molecular flexibility index (Phi) is 3.28. The van der Waals surface area contributed by atoms with Crippen LogP contribution in [0.2, 0.25) is 0 Å². The van der Waals surface area contributed by atoms with E-state index in [1.54, 1.807) is 12.1 Å². The van der Waals surface area contributed by atoms with E-state index in [0.29, 0.717) is 17.5 Å². The van der Waals surface area contributed by atoms with Crippen molar-refractivity contribution < 1.29 is 15.3 Å². The molecule has 1 aromatic carbocycles. The van der Waals surface area contributed by atoms with Gasteiger partial charge in [0.2, 0.25) is 0 Å². The molecule has 0 fully saturated rings. The zero-order valence-electron chi connectivity index (χ0n) is 7.57. The monoisotopic (exact) mass is 182 g/mol. The molecule has 0 saturated carbocycles. The lowest BCUT2D eigenvalue weighted by Gasteiger charge is -2.13. The molecule has 3 N–H and O–H groups in total. The normalized spacial score (nSPS) is 12.8. The molecule has 1 rings (SSSR count). The molecular weight excluding hydrogens is 168 g/mol. The van der Waals surface area contributed by atoms with E-state index in [-0.39, 0.29) is 12.4 Å². The molecule has 0 aliphatic carbocycles. The second-order valence-corrected chi connectivity index (χ2v) is 2.93. The Morgan fingerprint density at radius 2 is 2.08 bits per heavy atom. The number of aliphatic hydroxyl groups excluding tert-OH is 2. The van der Waals surface area contributed by atoms with Gasteiger partial charge in [-0.15, -0.1) is 0 Å². The molecule has 0 bridgehead atoms. The van der Waals surface area contributed by atoms with Crippen LogP contribution in [0.25, 0.3) is 0 Å². The van der Waals surface area contributed by atoms with Crippen molar-refractivity contribution in [3.63, 3.8) is 0 Å². The van der Waals surface area contributed by atoms with Crippen LogP contribution in [0.3, 0.4) is 0 Å². The van der Waals surface area contributed by atoms with Gasteiger partial charge in [-0.25, -0.2) is 0 Å². The van der Waals surface area contributed by atoms with Crippen molar-refractivity contribution in [3.8, 4) is 5.75 Å². The molecule has 0 radical (unpaired) electrons. The minimum Gasteiger partial charge on any atom is -0.508 e. The van der Waals surface area contributed by atoms with Gasteiger partial charge in [-0.3, -0.25) is 0 Å². The van der Waals surface area contributed by atoms with E-state index in [2.05, 4.69) is 0 Å². The van der Waals surface area contributed by atoms with Crippen LogP contribution in [0.4, 0.5) is 0 Å². The highest BCUT2D eigenvalue weighted by molar-refractivity contribution is 5.39. The molecule has 0 aliphatic heterocycles. The molecule has 0 aromatic heterocycles. The standard InChI is InChI=1S/C10H14O3/c1-2-9(12)7-4-3-5-10(13)8(7)6-11/h3-5,9,11-13H,2,6H2,1H3. The highest BCUT2D eigenvalue weighted by Crippen LogP contribution is 2.27. The maximum absolute atomic E-state index is 9.54. The molecule has 0 spiro atoms. The first-order valence-electron chi connectivity index (χ1n) is 4.30. The number of aliphatic hydroxyl groups is 2. The predicted molar refractivity (Wildman–Crippen MR) is 49.3 cm³/mol. The van der Waals surface area contributed by atoms with Gasteiger partial charge in [0.25, 0.3) is 0 Å². The fourth-order valence-corrected chi connectivity index (χ4v) is 1.30. The van der Waals surface area contributed by atoms with E-state index < -0.39 is 6.10 Å². The van der Waals surface area contributed by atoms with Gasteiger partial charge in [0, 0.05) is 5.56 Å². The molecule has 0 amide bonds.